The van der Waals surface area contributed by atoms with Crippen LogP contribution in [-0.4, -0.2) is 61.0 Å². The molecule has 1 aliphatic heterocycles. The van der Waals surface area contributed by atoms with Crippen molar-refractivity contribution in [1.29, 1.82) is 0 Å². The largest absolute Gasteiger partial charge is 0.465 e. The predicted molar refractivity (Wildman–Crippen MR) is 139 cm³/mol. The van der Waals surface area contributed by atoms with Crippen LogP contribution in [0.25, 0.3) is 0 Å². The Labute approximate surface area is 217 Å². The van der Waals surface area contributed by atoms with E-state index in [9.17, 15) is 18.9 Å². The zero-order chi connectivity index (χ0) is 28.0. The molecule has 2 heterocycles. The monoisotopic (exact) mass is 544 g/mol. The van der Waals surface area contributed by atoms with Crippen molar-refractivity contribution in [3.63, 3.8) is 0 Å². The number of hydrogen-bond donors (Lipinski definition) is 1. The summed E-state index contributed by atoms with van der Waals surface area (Å²) in [7, 11) is -1.94. The second kappa shape index (κ2) is 12.7. The minimum Gasteiger partial charge on any atom is -0.465 e. The molecule has 11 nitrogen and oxygen atoms in total. The van der Waals surface area contributed by atoms with Crippen molar-refractivity contribution >= 4 is 13.3 Å². The molecule has 0 amide bonds. The third-order valence-electron chi connectivity index (χ3n) is 5.65. The van der Waals surface area contributed by atoms with Crippen molar-refractivity contribution in [2.24, 2.45) is 16.7 Å². The Balaban J connectivity index is 2.19. The highest BCUT2D eigenvalue weighted by Gasteiger charge is 2.43. The Morgan fingerprint density at radius 2 is 1.89 bits per heavy atom. The van der Waals surface area contributed by atoms with Crippen LogP contribution in [0.1, 0.15) is 54.7 Å². The number of H-pyrrole nitrogens is 1. The lowest BCUT2D eigenvalue weighted by molar-refractivity contribution is -0.152. The molecule has 1 saturated heterocycles. The van der Waals surface area contributed by atoms with Gasteiger partial charge in [0.2, 0.25) is 7.37 Å². The fourth-order valence-corrected chi connectivity index (χ4v) is 4.96. The maximum Gasteiger partial charge on any atom is 0.330 e. The van der Waals surface area contributed by atoms with Gasteiger partial charge in [-0.05, 0) is 38.1 Å². The standard InChI is InChI=1S/C25H41N2O9P/c1-17-18(36-21(20(17)32-8)27-11-9-19(28)26-23(27)30)10-13-37(31,35-16-33-15-24(2,3)4)14-12-34-22(29)25(5,6)7/h9-11,13,17-18,20-21H,12,14-16H2,1-8H3,(H,26,28,30)/b13-10+/t17?,18-,20+,21-,37?/m1/s1. The van der Waals surface area contributed by atoms with Gasteiger partial charge in [-0.1, -0.05) is 27.7 Å². The Kier molecular flexibility index (Phi) is 10.7. The van der Waals surface area contributed by atoms with E-state index in [0.29, 0.717) is 6.61 Å². The summed E-state index contributed by atoms with van der Waals surface area (Å²) in [5.41, 5.74) is -1.92. The van der Waals surface area contributed by atoms with Gasteiger partial charge in [-0.25, -0.2) is 4.79 Å². The molecular formula is C25H41N2O9P. The molecule has 1 fully saturated rings. The van der Waals surface area contributed by atoms with E-state index in [0.717, 1.165) is 0 Å². The molecule has 0 saturated carbocycles. The highest BCUT2D eigenvalue weighted by molar-refractivity contribution is 7.62. The van der Waals surface area contributed by atoms with Crippen molar-refractivity contribution in [3.05, 3.63) is 45.0 Å². The van der Waals surface area contributed by atoms with Crippen LogP contribution in [0.3, 0.4) is 0 Å². The van der Waals surface area contributed by atoms with Crippen molar-refractivity contribution in [2.75, 3.05) is 33.3 Å². The first-order valence-electron chi connectivity index (χ1n) is 12.2. The molecule has 5 atom stereocenters. The van der Waals surface area contributed by atoms with Crippen LogP contribution in [0.4, 0.5) is 0 Å². The van der Waals surface area contributed by atoms with Crippen molar-refractivity contribution < 1.29 is 32.8 Å². The third kappa shape index (κ3) is 9.33. The summed E-state index contributed by atoms with van der Waals surface area (Å²) >= 11 is 0. The summed E-state index contributed by atoms with van der Waals surface area (Å²) in [6.07, 6.45) is 1.04. The van der Waals surface area contributed by atoms with Crippen LogP contribution in [-0.2, 0) is 32.8 Å². The van der Waals surface area contributed by atoms with Gasteiger partial charge < -0.3 is 18.9 Å². The fourth-order valence-electron chi connectivity index (χ4n) is 3.57. The number of esters is 1. The molecule has 1 aromatic heterocycles. The number of aromatic amines is 1. The lowest BCUT2D eigenvalue weighted by Gasteiger charge is -2.21. The quantitative estimate of drug-likeness (QED) is 0.192. The summed E-state index contributed by atoms with van der Waals surface area (Å²) in [4.78, 5) is 38.1. The molecule has 1 aliphatic rings. The van der Waals surface area contributed by atoms with Crippen LogP contribution in [0.15, 0.2) is 33.7 Å². The van der Waals surface area contributed by atoms with Gasteiger partial charge in [-0.15, -0.1) is 0 Å². The molecule has 2 unspecified atom stereocenters. The minimum atomic E-state index is -3.44. The van der Waals surface area contributed by atoms with E-state index in [1.807, 2.05) is 27.7 Å². The number of ether oxygens (including phenoxy) is 4. The fraction of sp³-hybridized carbons (Fsp3) is 0.720. The maximum absolute atomic E-state index is 13.7. The summed E-state index contributed by atoms with van der Waals surface area (Å²) in [6, 6.07) is 1.23. The van der Waals surface area contributed by atoms with Crippen molar-refractivity contribution in [1.82, 2.24) is 9.55 Å². The predicted octanol–water partition coefficient (Wildman–Crippen LogP) is 3.50. The molecular weight excluding hydrogens is 503 g/mol. The van der Waals surface area contributed by atoms with Gasteiger partial charge in [-0.3, -0.25) is 28.2 Å². The summed E-state index contributed by atoms with van der Waals surface area (Å²) in [5, 5.41) is 0. The number of rotatable bonds is 11. The first-order chi connectivity index (χ1) is 17.1. The second-order valence-corrected chi connectivity index (χ2v) is 13.9. The Bertz CT molecular complexity index is 1100. The van der Waals surface area contributed by atoms with Gasteiger partial charge in [0.05, 0.1) is 24.3 Å². The van der Waals surface area contributed by atoms with E-state index < -0.39 is 48.4 Å². The zero-order valence-corrected chi connectivity index (χ0v) is 23.9. The van der Waals surface area contributed by atoms with E-state index in [2.05, 4.69) is 4.98 Å². The van der Waals surface area contributed by atoms with Gasteiger partial charge in [0.25, 0.3) is 5.56 Å². The number of hydrogen-bond acceptors (Lipinski definition) is 9. The van der Waals surface area contributed by atoms with Gasteiger partial charge in [0.15, 0.2) is 13.0 Å². The second-order valence-electron chi connectivity index (χ2n) is 11.4. The molecule has 0 bridgehead atoms. The van der Waals surface area contributed by atoms with E-state index in [1.165, 1.54) is 29.8 Å². The van der Waals surface area contributed by atoms with E-state index >= 15 is 0 Å². The third-order valence-corrected chi connectivity index (χ3v) is 7.63. The van der Waals surface area contributed by atoms with Crippen LogP contribution < -0.4 is 11.2 Å². The number of aromatic nitrogens is 2. The van der Waals surface area contributed by atoms with Crippen molar-refractivity contribution in [3.8, 4) is 0 Å². The summed E-state index contributed by atoms with van der Waals surface area (Å²) < 4.78 is 43.1. The van der Waals surface area contributed by atoms with Gasteiger partial charge in [0, 0.05) is 25.3 Å². The smallest absolute Gasteiger partial charge is 0.330 e. The van der Waals surface area contributed by atoms with Crippen LogP contribution in [0.2, 0.25) is 0 Å². The van der Waals surface area contributed by atoms with Crippen molar-refractivity contribution in [2.45, 2.75) is 66.9 Å². The molecule has 1 aromatic rings. The van der Waals surface area contributed by atoms with E-state index in [1.54, 1.807) is 26.8 Å². The number of nitrogens with zero attached hydrogens (tertiary/aromatic N) is 1. The Morgan fingerprint density at radius 1 is 1.22 bits per heavy atom. The molecule has 0 radical (unpaired) electrons. The number of nitrogens with one attached hydrogen (secondary N) is 1. The highest BCUT2D eigenvalue weighted by atomic mass is 31.2. The average molecular weight is 545 g/mol. The van der Waals surface area contributed by atoms with Crippen LogP contribution in [0, 0.1) is 16.7 Å². The molecule has 1 N–H and O–H groups in total. The first kappa shape index (κ1) is 31.2. The van der Waals surface area contributed by atoms with E-state index in [-0.39, 0.29) is 30.9 Å². The Morgan fingerprint density at radius 3 is 2.46 bits per heavy atom. The number of carbonyl (C=O) groups is 1. The normalized spacial score (nSPS) is 24.3. The summed E-state index contributed by atoms with van der Waals surface area (Å²) in [6.45, 7) is 13.2. The lowest BCUT2D eigenvalue weighted by Crippen LogP contribution is -2.36. The highest BCUT2D eigenvalue weighted by Crippen LogP contribution is 2.49. The summed E-state index contributed by atoms with van der Waals surface area (Å²) in [5.74, 6) is 0.802. The SMILES string of the molecule is CO[C@H]1C(C)[C@@H](/C=C/P(=O)(CCOC(=O)C(C)(C)C)OCOCC(C)(C)C)O[C@H]1n1ccc(=O)[nH]c1=O. The first-order valence-corrected chi connectivity index (χ1v) is 14.1. The molecule has 37 heavy (non-hydrogen) atoms. The van der Waals surface area contributed by atoms with Gasteiger partial charge >= 0.3 is 11.7 Å². The van der Waals surface area contributed by atoms with Crippen LogP contribution >= 0.6 is 7.37 Å². The Hall–Kier alpha value is -2.04. The number of methoxy groups -OCH3 is 1. The molecule has 0 aliphatic carbocycles. The lowest BCUT2D eigenvalue weighted by atomic mass is 9.97. The average Bonchev–Trinajstić information content (AvgIpc) is 3.09. The maximum atomic E-state index is 13.7. The number of carbonyl (C=O) groups excluding carboxylic acids is 1. The molecule has 0 aromatic carbocycles. The topological polar surface area (TPSA) is 135 Å². The van der Waals surface area contributed by atoms with Gasteiger partial charge in [-0.2, -0.15) is 0 Å². The minimum absolute atomic E-state index is 0.0399. The molecule has 210 valence electrons. The van der Waals surface area contributed by atoms with Gasteiger partial charge in [0.1, 0.15) is 12.7 Å². The molecule has 2 rings (SSSR count). The zero-order valence-electron chi connectivity index (χ0n) is 23.0. The van der Waals surface area contributed by atoms with E-state index in [4.69, 9.17) is 23.5 Å². The van der Waals surface area contributed by atoms with Crippen LogP contribution in [0.5, 0.6) is 0 Å². The molecule has 12 heteroatoms. The molecule has 0 spiro atoms.